The van der Waals surface area contributed by atoms with Gasteiger partial charge in [0.1, 0.15) is 17.3 Å². The fourth-order valence-corrected chi connectivity index (χ4v) is 6.66. The number of carbonyl (C=O) groups is 2. The molecule has 4 heterocycles. The van der Waals surface area contributed by atoms with Crippen LogP contribution in [0.2, 0.25) is 5.02 Å². The molecule has 10 heteroatoms. The van der Waals surface area contributed by atoms with Gasteiger partial charge in [0.05, 0.1) is 17.7 Å². The molecule has 2 aromatic heterocycles. The van der Waals surface area contributed by atoms with E-state index in [1.165, 1.54) is 15.6 Å². The third-order valence-electron chi connectivity index (χ3n) is 6.39. The molecular weight excluding hydrogens is 558 g/mol. The van der Waals surface area contributed by atoms with Gasteiger partial charge in [-0.2, -0.15) is 11.3 Å². The molecular formula is C24H21BrClN3O3S2. The van der Waals surface area contributed by atoms with E-state index in [1.807, 2.05) is 22.9 Å². The number of halogens is 2. The van der Waals surface area contributed by atoms with E-state index in [9.17, 15) is 9.59 Å². The SMILES string of the molecule is O=C1CC(c2ccsc2)(c2cnc(N3CCOCC3)c(Br)c2)N(S)C(=O)C1c1ccccc1Cl. The van der Waals surface area contributed by atoms with E-state index in [-0.39, 0.29) is 12.2 Å². The molecule has 6 nitrogen and oxygen atoms in total. The molecule has 0 bridgehead atoms. The van der Waals surface area contributed by atoms with E-state index in [2.05, 4.69) is 20.8 Å². The average molecular weight is 579 g/mol. The molecule has 3 aromatic rings. The van der Waals surface area contributed by atoms with E-state index >= 15 is 0 Å². The highest BCUT2D eigenvalue weighted by Gasteiger charge is 2.53. The van der Waals surface area contributed by atoms with Gasteiger partial charge in [0.15, 0.2) is 5.78 Å². The van der Waals surface area contributed by atoms with Crippen LogP contribution in [0, 0.1) is 0 Å². The lowest BCUT2D eigenvalue weighted by Gasteiger charge is -2.46. The quantitative estimate of drug-likeness (QED) is 0.346. The zero-order chi connectivity index (χ0) is 23.9. The number of anilines is 1. The van der Waals surface area contributed by atoms with Crippen LogP contribution in [-0.4, -0.2) is 47.3 Å². The predicted octanol–water partition coefficient (Wildman–Crippen LogP) is 5.07. The molecule has 176 valence electrons. The van der Waals surface area contributed by atoms with Gasteiger partial charge in [0.25, 0.3) is 0 Å². The highest BCUT2D eigenvalue weighted by molar-refractivity contribution is 9.10. The van der Waals surface area contributed by atoms with Crippen molar-refractivity contribution in [3.8, 4) is 0 Å². The van der Waals surface area contributed by atoms with Crippen LogP contribution < -0.4 is 4.90 Å². The number of hydrogen-bond acceptors (Lipinski definition) is 7. The molecule has 1 amide bonds. The van der Waals surface area contributed by atoms with Gasteiger partial charge >= 0.3 is 0 Å². The van der Waals surface area contributed by atoms with Gasteiger partial charge in [-0.3, -0.25) is 13.9 Å². The first-order valence-corrected chi connectivity index (χ1v) is 13.3. The van der Waals surface area contributed by atoms with E-state index in [4.69, 9.17) is 34.1 Å². The maximum atomic E-state index is 13.7. The van der Waals surface area contributed by atoms with Crippen LogP contribution in [0.15, 0.2) is 57.8 Å². The number of aromatic nitrogens is 1. The molecule has 2 unspecified atom stereocenters. The van der Waals surface area contributed by atoms with E-state index in [0.29, 0.717) is 29.4 Å². The van der Waals surface area contributed by atoms with Crippen LogP contribution in [0.5, 0.6) is 0 Å². The van der Waals surface area contributed by atoms with Gasteiger partial charge in [-0.15, -0.1) is 0 Å². The number of ketones is 1. The Labute approximate surface area is 220 Å². The number of pyridine rings is 1. The molecule has 0 radical (unpaired) electrons. The van der Waals surface area contributed by atoms with Crippen molar-refractivity contribution >= 4 is 69.2 Å². The number of ether oxygens (including phenoxy) is 1. The second kappa shape index (κ2) is 9.62. The van der Waals surface area contributed by atoms with E-state index in [1.54, 1.807) is 30.5 Å². The zero-order valence-corrected chi connectivity index (χ0v) is 22.0. The van der Waals surface area contributed by atoms with Gasteiger partial charge in [0.2, 0.25) is 5.91 Å². The highest BCUT2D eigenvalue weighted by atomic mass is 79.9. The normalized spacial score (nSPS) is 23.4. The first-order valence-electron chi connectivity index (χ1n) is 10.7. The highest BCUT2D eigenvalue weighted by Crippen LogP contribution is 2.49. The molecule has 0 saturated carbocycles. The van der Waals surface area contributed by atoms with Crippen molar-refractivity contribution in [3.05, 3.63) is 79.5 Å². The van der Waals surface area contributed by atoms with Crippen LogP contribution in [0.3, 0.4) is 0 Å². The Morgan fingerprint density at radius 3 is 2.62 bits per heavy atom. The minimum atomic E-state index is -1.09. The van der Waals surface area contributed by atoms with Crippen molar-refractivity contribution < 1.29 is 14.3 Å². The number of nitrogens with zero attached hydrogens (tertiary/aromatic N) is 3. The molecule has 2 aliphatic heterocycles. The molecule has 2 atom stereocenters. The number of Topliss-reactive ketones (excluding diaryl/α,β-unsaturated/α-hetero) is 1. The Balaban J connectivity index is 1.59. The summed E-state index contributed by atoms with van der Waals surface area (Å²) < 4.78 is 7.63. The van der Waals surface area contributed by atoms with Crippen LogP contribution in [0.4, 0.5) is 5.82 Å². The summed E-state index contributed by atoms with van der Waals surface area (Å²) in [5, 5.41) is 4.26. The number of piperidine rings is 1. The van der Waals surface area contributed by atoms with Crippen molar-refractivity contribution in [2.75, 3.05) is 31.2 Å². The maximum absolute atomic E-state index is 13.7. The van der Waals surface area contributed by atoms with E-state index in [0.717, 1.165) is 28.9 Å². The lowest BCUT2D eigenvalue weighted by molar-refractivity contribution is -0.142. The third-order valence-corrected chi connectivity index (χ3v) is 8.54. The number of carbonyl (C=O) groups excluding carboxylic acids is 2. The summed E-state index contributed by atoms with van der Waals surface area (Å²) in [5.74, 6) is -0.808. The number of morpholine rings is 1. The number of thiol groups is 1. The van der Waals surface area contributed by atoms with Gasteiger partial charge < -0.3 is 9.64 Å². The lowest BCUT2D eigenvalue weighted by atomic mass is 9.73. The minimum Gasteiger partial charge on any atom is -0.378 e. The Morgan fingerprint density at radius 2 is 1.94 bits per heavy atom. The summed E-state index contributed by atoms with van der Waals surface area (Å²) in [5.41, 5.74) is 0.941. The number of amides is 1. The molecule has 34 heavy (non-hydrogen) atoms. The number of benzene rings is 1. The molecule has 5 rings (SSSR count). The molecule has 0 aliphatic carbocycles. The Bertz CT molecular complexity index is 1240. The summed E-state index contributed by atoms with van der Waals surface area (Å²) in [7, 11) is 0. The Kier molecular flexibility index (Phi) is 6.74. The minimum absolute atomic E-state index is 0.0554. The largest absolute Gasteiger partial charge is 0.378 e. The Hall–Kier alpha value is -1.91. The fraction of sp³-hybridized carbons (Fsp3) is 0.292. The summed E-state index contributed by atoms with van der Waals surface area (Å²) in [6.07, 6.45) is 1.80. The standard InChI is InChI=1S/C24H21BrClN3O3S2/c25-18-11-16(13-27-22(18)28-6-8-32-9-7-28)24(15-5-10-34-14-15)12-20(30)21(23(31)29(24)33)17-3-1-2-4-19(17)26/h1-5,10-11,13-14,21,33H,6-9,12H2. The first kappa shape index (κ1) is 23.8. The zero-order valence-electron chi connectivity index (χ0n) is 18.0. The van der Waals surface area contributed by atoms with Gasteiger partial charge in [-0.05, 0) is 56.0 Å². The molecule has 2 aliphatic rings. The van der Waals surface area contributed by atoms with Crippen molar-refractivity contribution in [1.29, 1.82) is 0 Å². The van der Waals surface area contributed by atoms with Crippen molar-refractivity contribution in [3.63, 3.8) is 0 Å². The van der Waals surface area contributed by atoms with Crippen LogP contribution in [0.1, 0.15) is 29.0 Å². The topological polar surface area (TPSA) is 62.7 Å². The third kappa shape index (κ3) is 3.97. The van der Waals surface area contributed by atoms with Crippen LogP contribution in [-0.2, 0) is 19.9 Å². The number of thiophene rings is 1. The Morgan fingerprint density at radius 1 is 1.18 bits per heavy atom. The molecule has 0 spiro atoms. The van der Waals surface area contributed by atoms with Crippen molar-refractivity contribution in [1.82, 2.24) is 9.29 Å². The summed E-state index contributed by atoms with van der Waals surface area (Å²) in [6.45, 7) is 2.78. The van der Waals surface area contributed by atoms with Crippen LogP contribution in [0.25, 0.3) is 0 Å². The lowest BCUT2D eigenvalue weighted by Crippen LogP contribution is -2.54. The van der Waals surface area contributed by atoms with Gasteiger partial charge in [-0.25, -0.2) is 4.98 Å². The molecule has 0 N–H and O–H groups in total. The second-order valence-corrected chi connectivity index (χ2v) is 10.7. The molecule has 2 fully saturated rings. The molecule has 1 aromatic carbocycles. The smallest absolute Gasteiger partial charge is 0.248 e. The monoisotopic (exact) mass is 577 g/mol. The predicted molar refractivity (Wildman–Crippen MR) is 140 cm³/mol. The van der Waals surface area contributed by atoms with Crippen molar-refractivity contribution in [2.45, 2.75) is 17.9 Å². The van der Waals surface area contributed by atoms with Crippen molar-refractivity contribution in [2.24, 2.45) is 0 Å². The van der Waals surface area contributed by atoms with Gasteiger partial charge in [-0.1, -0.05) is 42.6 Å². The molecule has 2 saturated heterocycles. The number of hydrogen-bond donors (Lipinski definition) is 1. The van der Waals surface area contributed by atoms with Crippen LogP contribution >= 0.6 is 51.7 Å². The first-order chi connectivity index (χ1) is 16.4. The van der Waals surface area contributed by atoms with Gasteiger partial charge in [0, 0.05) is 36.3 Å². The van der Waals surface area contributed by atoms with E-state index < -0.39 is 17.4 Å². The summed E-state index contributed by atoms with van der Waals surface area (Å²) in [4.78, 5) is 34.2. The fourth-order valence-electron chi connectivity index (χ4n) is 4.67. The average Bonchev–Trinajstić information content (AvgIpc) is 3.39. The summed E-state index contributed by atoms with van der Waals surface area (Å²) >= 11 is 16.2. The summed E-state index contributed by atoms with van der Waals surface area (Å²) in [6, 6.07) is 10.8. The second-order valence-electron chi connectivity index (χ2n) is 8.25. The maximum Gasteiger partial charge on any atom is 0.248 e. The number of rotatable bonds is 4.